The largest absolute Gasteiger partial charge is 0.151 e. The van der Waals surface area contributed by atoms with E-state index >= 15 is 0 Å². The molecule has 2 heteroatoms. The Morgan fingerprint density at radius 3 is 3.17 bits per heavy atom. The normalized spacial score (nSPS) is 44.7. The van der Waals surface area contributed by atoms with Crippen molar-refractivity contribution in [2.45, 2.75) is 26.7 Å². The smallest absolute Gasteiger partial charge is 0.0873 e. The lowest BCUT2D eigenvalue weighted by molar-refractivity contribution is 0.390. The molecule has 3 atom stereocenters. The molecule has 0 aromatic carbocycles. The minimum absolute atomic E-state index is 0.292. The molecule has 0 aromatic heterocycles. The van der Waals surface area contributed by atoms with Gasteiger partial charge in [0, 0.05) is 5.41 Å². The molecule has 2 nitrogen and oxygen atoms in total. The van der Waals surface area contributed by atoms with E-state index in [1.54, 1.807) is 0 Å². The van der Waals surface area contributed by atoms with Crippen LogP contribution >= 0.6 is 0 Å². The summed E-state index contributed by atoms with van der Waals surface area (Å²) >= 11 is 0. The van der Waals surface area contributed by atoms with Crippen LogP contribution in [0.2, 0.25) is 0 Å². The van der Waals surface area contributed by atoms with Gasteiger partial charge in [-0.15, -0.1) is 0 Å². The van der Waals surface area contributed by atoms with Crippen molar-refractivity contribution in [3.8, 4) is 0 Å². The molecule has 0 N–H and O–H groups in total. The van der Waals surface area contributed by atoms with Crippen molar-refractivity contribution < 1.29 is 0 Å². The van der Waals surface area contributed by atoms with Gasteiger partial charge in [0.25, 0.3) is 0 Å². The summed E-state index contributed by atoms with van der Waals surface area (Å²) in [6.07, 6.45) is 4.59. The van der Waals surface area contributed by atoms with Crippen molar-refractivity contribution in [2.24, 2.45) is 22.4 Å². The maximum Gasteiger partial charge on any atom is 0.0873 e. The molecular weight excluding hydrogens is 150 g/mol. The van der Waals surface area contributed by atoms with Gasteiger partial charge in [-0.3, -0.25) is 0 Å². The van der Waals surface area contributed by atoms with Gasteiger partial charge in [-0.25, -0.2) is 0 Å². The second-order valence-electron chi connectivity index (χ2n) is 4.40. The van der Waals surface area contributed by atoms with Gasteiger partial charge < -0.3 is 0 Å². The van der Waals surface area contributed by atoms with Crippen LogP contribution in [-0.4, -0.2) is 6.54 Å². The van der Waals surface area contributed by atoms with E-state index in [2.05, 4.69) is 25.1 Å². The highest BCUT2D eigenvalue weighted by molar-refractivity contribution is 5.22. The molecule has 0 amide bonds. The molecular formula is C10H15NO. The van der Waals surface area contributed by atoms with Crippen LogP contribution in [0.25, 0.3) is 0 Å². The molecule has 12 heavy (non-hydrogen) atoms. The fourth-order valence-electron chi connectivity index (χ4n) is 2.56. The predicted molar refractivity (Wildman–Crippen MR) is 48.7 cm³/mol. The Kier molecular flexibility index (Phi) is 1.60. The number of hydrogen-bond donors (Lipinski definition) is 0. The molecule has 0 aromatic rings. The van der Waals surface area contributed by atoms with E-state index < -0.39 is 0 Å². The number of nitrogens with zero attached hydrogens (tertiary/aromatic N) is 1. The third-order valence-electron chi connectivity index (χ3n) is 3.78. The highest BCUT2D eigenvalue weighted by Crippen LogP contribution is 2.63. The first-order valence-electron chi connectivity index (χ1n) is 4.65. The van der Waals surface area contributed by atoms with Gasteiger partial charge in [0.2, 0.25) is 0 Å². The summed E-state index contributed by atoms with van der Waals surface area (Å²) in [5, 5.41) is 3.05. The van der Waals surface area contributed by atoms with E-state index in [9.17, 15) is 4.91 Å². The van der Waals surface area contributed by atoms with E-state index in [1.165, 1.54) is 12.0 Å². The van der Waals surface area contributed by atoms with Gasteiger partial charge >= 0.3 is 0 Å². The lowest BCUT2D eigenvalue weighted by Gasteiger charge is -2.23. The van der Waals surface area contributed by atoms with E-state index in [-0.39, 0.29) is 0 Å². The second kappa shape index (κ2) is 2.41. The average Bonchev–Trinajstić information content (AvgIpc) is 2.75. The topological polar surface area (TPSA) is 29.4 Å². The first-order valence-corrected chi connectivity index (χ1v) is 4.65. The van der Waals surface area contributed by atoms with Crippen molar-refractivity contribution in [3.05, 3.63) is 16.6 Å². The van der Waals surface area contributed by atoms with Gasteiger partial charge in [0.1, 0.15) is 0 Å². The van der Waals surface area contributed by atoms with Crippen molar-refractivity contribution >= 4 is 0 Å². The summed E-state index contributed by atoms with van der Waals surface area (Å²) in [7, 11) is 0. The molecule has 0 spiro atoms. The molecule has 1 fully saturated rings. The van der Waals surface area contributed by atoms with Crippen molar-refractivity contribution in [1.82, 2.24) is 0 Å². The van der Waals surface area contributed by atoms with E-state index in [0.29, 0.717) is 17.9 Å². The SMILES string of the molecule is CC1=CCC2(CN=O)CC2[C@H]1C. The highest BCUT2D eigenvalue weighted by Gasteiger charge is 2.57. The number of hydrogen-bond acceptors (Lipinski definition) is 2. The Hall–Kier alpha value is -0.660. The van der Waals surface area contributed by atoms with E-state index in [4.69, 9.17) is 0 Å². The Bertz CT molecular complexity index is 246. The van der Waals surface area contributed by atoms with Crippen molar-refractivity contribution in [3.63, 3.8) is 0 Å². The number of rotatable bonds is 2. The summed E-state index contributed by atoms with van der Waals surface area (Å²) in [6, 6.07) is 0. The van der Waals surface area contributed by atoms with E-state index in [1.807, 2.05) is 0 Å². The molecule has 0 radical (unpaired) electrons. The third kappa shape index (κ3) is 0.936. The zero-order chi connectivity index (χ0) is 8.77. The number of fused-ring (bicyclic) bond motifs is 1. The van der Waals surface area contributed by atoms with Crippen LogP contribution in [0.5, 0.6) is 0 Å². The molecule has 2 aliphatic rings. The molecule has 0 aliphatic heterocycles. The summed E-state index contributed by atoms with van der Waals surface area (Å²) < 4.78 is 0. The number of allylic oxidation sites excluding steroid dienone is 2. The highest BCUT2D eigenvalue weighted by atomic mass is 16.3. The van der Waals surface area contributed by atoms with Gasteiger partial charge in [-0.05, 0) is 31.6 Å². The standard InChI is InChI=1S/C10H15NO/c1-7-3-4-10(6-11-12)5-9(10)8(7)2/h3,8-9H,4-6H2,1-2H3/t8-,9?,10?/m0/s1. The quantitative estimate of drug-likeness (QED) is 0.457. The molecule has 1 saturated carbocycles. The lowest BCUT2D eigenvalue weighted by Crippen LogP contribution is -2.17. The van der Waals surface area contributed by atoms with Crippen LogP contribution in [0, 0.1) is 22.2 Å². The number of nitroso groups, excluding NO2 is 1. The van der Waals surface area contributed by atoms with Gasteiger partial charge in [0.05, 0.1) is 6.54 Å². The second-order valence-corrected chi connectivity index (χ2v) is 4.40. The molecule has 2 unspecified atom stereocenters. The first-order chi connectivity index (χ1) is 5.69. The Morgan fingerprint density at radius 1 is 1.75 bits per heavy atom. The Morgan fingerprint density at radius 2 is 2.50 bits per heavy atom. The monoisotopic (exact) mass is 165 g/mol. The summed E-state index contributed by atoms with van der Waals surface area (Å²) in [5.74, 6) is 1.43. The van der Waals surface area contributed by atoms with Gasteiger partial charge in [-0.2, -0.15) is 4.91 Å². The molecule has 2 aliphatic carbocycles. The van der Waals surface area contributed by atoms with Crippen LogP contribution in [0.15, 0.2) is 16.8 Å². The molecule has 66 valence electrons. The van der Waals surface area contributed by atoms with Gasteiger partial charge in [0.15, 0.2) is 0 Å². The minimum Gasteiger partial charge on any atom is -0.151 e. The Balaban J connectivity index is 2.14. The van der Waals surface area contributed by atoms with Crippen LogP contribution in [-0.2, 0) is 0 Å². The molecule has 0 saturated heterocycles. The zero-order valence-corrected chi connectivity index (χ0v) is 7.71. The Labute approximate surface area is 73.0 Å². The van der Waals surface area contributed by atoms with Crippen molar-refractivity contribution in [2.75, 3.05) is 6.54 Å². The van der Waals surface area contributed by atoms with Crippen molar-refractivity contribution in [1.29, 1.82) is 0 Å². The predicted octanol–water partition coefficient (Wildman–Crippen LogP) is 2.75. The van der Waals surface area contributed by atoms with Crippen LogP contribution in [0.4, 0.5) is 0 Å². The minimum atomic E-state index is 0.292. The fraction of sp³-hybridized carbons (Fsp3) is 0.800. The molecule has 0 bridgehead atoms. The lowest BCUT2D eigenvalue weighted by atomic mass is 9.83. The summed E-state index contributed by atoms with van der Waals surface area (Å²) in [5.41, 5.74) is 1.79. The van der Waals surface area contributed by atoms with Crippen LogP contribution < -0.4 is 0 Å². The zero-order valence-electron chi connectivity index (χ0n) is 7.71. The first kappa shape index (κ1) is 7.96. The summed E-state index contributed by atoms with van der Waals surface area (Å²) in [6.45, 7) is 5.00. The average molecular weight is 165 g/mol. The third-order valence-corrected chi connectivity index (χ3v) is 3.78. The molecule has 2 rings (SSSR count). The van der Waals surface area contributed by atoms with Crippen LogP contribution in [0.3, 0.4) is 0 Å². The summed E-state index contributed by atoms with van der Waals surface area (Å²) in [4.78, 5) is 10.2. The van der Waals surface area contributed by atoms with Crippen LogP contribution in [0.1, 0.15) is 26.7 Å². The maximum absolute atomic E-state index is 10.2. The van der Waals surface area contributed by atoms with Gasteiger partial charge in [-0.1, -0.05) is 23.7 Å². The maximum atomic E-state index is 10.2. The fourth-order valence-corrected chi connectivity index (χ4v) is 2.56. The molecule has 0 heterocycles. The van der Waals surface area contributed by atoms with E-state index in [0.717, 1.165) is 12.3 Å².